The Labute approximate surface area is 126 Å². The van der Waals surface area contributed by atoms with Crippen LogP contribution in [-0.2, 0) is 0 Å². The first-order valence-electron chi connectivity index (χ1n) is 6.96. The van der Waals surface area contributed by atoms with Crippen LogP contribution in [0.5, 0.6) is 5.75 Å². The summed E-state index contributed by atoms with van der Waals surface area (Å²) in [5.41, 5.74) is 9.73. The zero-order valence-corrected chi connectivity index (χ0v) is 13.0. The van der Waals surface area contributed by atoms with Crippen LogP contribution in [0.25, 0.3) is 0 Å². The molecule has 5 heteroatoms. The van der Waals surface area contributed by atoms with E-state index in [0.717, 1.165) is 30.1 Å². The first-order chi connectivity index (χ1) is 9.63. The van der Waals surface area contributed by atoms with Crippen LogP contribution in [0, 0.1) is 0 Å². The fourth-order valence-electron chi connectivity index (χ4n) is 1.73. The summed E-state index contributed by atoms with van der Waals surface area (Å²) in [7, 11) is 0. The lowest BCUT2D eigenvalue weighted by Crippen LogP contribution is -2.25. The second kappa shape index (κ2) is 9.31. The van der Waals surface area contributed by atoms with Gasteiger partial charge in [-0.05, 0) is 37.7 Å². The highest BCUT2D eigenvalue weighted by atomic mass is 32.1. The Hall–Kier alpha value is -1.62. The van der Waals surface area contributed by atoms with Gasteiger partial charge in [-0.2, -0.15) is 5.10 Å². The van der Waals surface area contributed by atoms with Gasteiger partial charge in [-0.25, -0.2) is 0 Å². The van der Waals surface area contributed by atoms with Crippen molar-refractivity contribution < 1.29 is 4.74 Å². The summed E-state index contributed by atoms with van der Waals surface area (Å²) in [6.07, 6.45) is 4.81. The summed E-state index contributed by atoms with van der Waals surface area (Å²) in [5, 5.41) is 4.26. The van der Waals surface area contributed by atoms with Crippen molar-refractivity contribution in [2.24, 2.45) is 10.8 Å². The highest BCUT2D eigenvalue weighted by Crippen LogP contribution is 2.14. The van der Waals surface area contributed by atoms with Crippen molar-refractivity contribution in [1.29, 1.82) is 0 Å². The van der Waals surface area contributed by atoms with Gasteiger partial charge < -0.3 is 10.5 Å². The van der Waals surface area contributed by atoms with E-state index in [1.807, 2.05) is 31.2 Å². The molecule has 1 aromatic carbocycles. The lowest BCUT2D eigenvalue weighted by Gasteiger charge is -2.08. The van der Waals surface area contributed by atoms with Gasteiger partial charge in [0, 0.05) is 5.56 Å². The van der Waals surface area contributed by atoms with Gasteiger partial charge in [0.25, 0.3) is 0 Å². The zero-order chi connectivity index (χ0) is 14.8. The number of unbranched alkanes of at least 4 members (excludes halogenated alkanes) is 3. The molecule has 0 atom stereocenters. The molecule has 20 heavy (non-hydrogen) atoms. The molecule has 1 rings (SSSR count). The maximum Gasteiger partial charge on any atom is 0.184 e. The fraction of sp³-hybridized carbons (Fsp3) is 0.467. The minimum atomic E-state index is 0.160. The quantitative estimate of drug-likeness (QED) is 0.334. The molecular formula is C15H23N3OS. The lowest BCUT2D eigenvalue weighted by molar-refractivity contribution is 0.305. The predicted octanol–water partition coefficient (Wildman–Crippen LogP) is 3.20. The van der Waals surface area contributed by atoms with Gasteiger partial charge in [0.2, 0.25) is 0 Å². The number of nitrogens with two attached hydrogens (primary N) is 1. The number of thiocarbonyl (C=S) groups is 1. The number of nitrogens with one attached hydrogen (secondary N) is 1. The van der Waals surface area contributed by atoms with Crippen molar-refractivity contribution in [3.05, 3.63) is 29.8 Å². The molecule has 0 heterocycles. The molecule has 0 aromatic heterocycles. The van der Waals surface area contributed by atoms with Crippen molar-refractivity contribution in [2.45, 2.75) is 39.5 Å². The van der Waals surface area contributed by atoms with E-state index >= 15 is 0 Å². The Balaban J connectivity index is 2.52. The third-order valence-electron chi connectivity index (χ3n) is 2.85. The fourth-order valence-corrected chi connectivity index (χ4v) is 1.78. The van der Waals surface area contributed by atoms with Crippen LogP contribution in [0.15, 0.2) is 29.4 Å². The lowest BCUT2D eigenvalue weighted by atomic mass is 10.1. The van der Waals surface area contributed by atoms with Crippen molar-refractivity contribution in [3.8, 4) is 5.75 Å². The van der Waals surface area contributed by atoms with Crippen LogP contribution < -0.4 is 15.9 Å². The van der Waals surface area contributed by atoms with E-state index in [-0.39, 0.29) is 5.11 Å². The van der Waals surface area contributed by atoms with Gasteiger partial charge in [-0.15, -0.1) is 0 Å². The van der Waals surface area contributed by atoms with E-state index in [4.69, 9.17) is 22.7 Å². The number of ether oxygens (including phenoxy) is 1. The maximum atomic E-state index is 5.74. The zero-order valence-electron chi connectivity index (χ0n) is 12.2. The summed E-state index contributed by atoms with van der Waals surface area (Å²) in [4.78, 5) is 0. The number of hydrazone groups is 1. The number of nitrogens with zero attached hydrogens (tertiary/aromatic N) is 1. The van der Waals surface area contributed by atoms with Crippen LogP contribution in [-0.4, -0.2) is 17.4 Å². The molecule has 0 fully saturated rings. The van der Waals surface area contributed by atoms with Gasteiger partial charge in [0.05, 0.1) is 12.3 Å². The van der Waals surface area contributed by atoms with E-state index in [0.29, 0.717) is 0 Å². The molecule has 0 unspecified atom stereocenters. The van der Waals surface area contributed by atoms with Gasteiger partial charge >= 0.3 is 0 Å². The van der Waals surface area contributed by atoms with Crippen molar-refractivity contribution in [3.63, 3.8) is 0 Å². The second-order valence-electron chi connectivity index (χ2n) is 4.61. The summed E-state index contributed by atoms with van der Waals surface area (Å²) < 4.78 is 5.74. The normalized spacial score (nSPS) is 11.2. The van der Waals surface area contributed by atoms with Gasteiger partial charge in [-0.1, -0.05) is 38.3 Å². The Morgan fingerprint density at radius 2 is 2.15 bits per heavy atom. The molecule has 4 nitrogen and oxygen atoms in total. The standard InChI is InChI=1S/C15H23N3OS/c1-3-4-5-6-10-19-14-9-7-8-13(11-14)12(2)17-18-15(16)20/h7-9,11H,3-6,10H2,1-2H3,(H3,16,18,20)/b17-12+. The van der Waals surface area contributed by atoms with E-state index in [1.54, 1.807) is 0 Å². The number of hydrogen-bond acceptors (Lipinski definition) is 3. The average molecular weight is 293 g/mol. The Morgan fingerprint density at radius 1 is 1.35 bits per heavy atom. The largest absolute Gasteiger partial charge is 0.494 e. The number of benzene rings is 1. The summed E-state index contributed by atoms with van der Waals surface area (Å²) >= 11 is 4.72. The average Bonchev–Trinajstić information content (AvgIpc) is 2.45. The molecule has 0 aliphatic rings. The van der Waals surface area contributed by atoms with Gasteiger partial charge in [-0.3, -0.25) is 5.43 Å². The minimum absolute atomic E-state index is 0.160. The minimum Gasteiger partial charge on any atom is -0.494 e. The molecule has 0 bridgehead atoms. The van der Waals surface area contributed by atoms with Crippen molar-refractivity contribution in [1.82, 2.24) is 5.43 Å². The Morgan fingerprint density at radius 3 is 2.85 bits per heavy atom. The summed E-state index contributed by atoms with van der Waals surface area (Å²) in [5.74, 6) is 0.865. The molecule has 3 N–H and O–H groups in total. The van der Waals surface area contributed by atoms with E-state index < -0.39 is 0 Å². The Bertz CT molecular complexity index is 460. The summed E-state index contributed by atoms with van der Waals surface area (Å²) in [6.45, 7) is 4.85. The van der Waals surface area contributed by atoms with Crippen molar-refractivity contribution in [2.75, 3.05) is 6.61 Å². The first-order valence-corrected chi connectivity index (χ1v) is 7.37. The topological polar surface area (TPSA) is 59.6 Å². The molecule has 0 spiro atoms. The van der Waals surface area contributed by atoms with Crippen LogP contribution in [0.2, 0.25) is 0 Å². The SMILES string of the molecule is CCCCCCOc1cccc(/C(C)=N/NC(N)=S)c1. The second-order valence-corrected chi connectivity index (χ2v) is 5.05. The van der Waals surface area contributed by atoms with Gasteiger partial charge in [0.1, 0.15) is 5.75 Å². The van der Waals surface area contributed by atoms with E-state index in [9.17, 15) is 0 Å². The molecule has 0 saturated carbocycles. The smallest absolute Gasteiger partial charge is 0.184 e. The first kappa shape index (κ1) is 16.4. The van der Waals surface area contributed by atoms with Crippen LogP contribution >= 0.6 is 12.2 Å². The van der Waals surface area contributed by atoms with Crippen LogP contribution in [0.4, 0.5) is 0 Å². The number of hydrogen-bond donors (Lipinski definition) is 2. The molecule has 1 aromatic rings. The number of rotatable bonds is 8. The third kappa shape index (κ3) is 6.52. The predicted molar refractivity (Wildman–Crippen MR) is 88.2 cm³/mol. The monoisotopic (exact) mass is 293 g/mol. The molecule has 0 aliphatic heterocycles. The Kier molecular flexibility index (Phi) is 7.65. The summed E-state index contributed by atoms with van der Waals surface area (Å²) in [6, 6.07) is 7.86. The molecular weight excluding hydrogens is 270 g/mol. The van der Waals surface area contributed by atoms with Crippen LogP contribution in [0.3, 0.4) is 0 Å². The molecule has 0 radical (unpaired) electrons. The van der Waals surface area contributed by atoms with Gasteiger partial charge in [0.15, 0.2) is 5.11 Å². The van der Waals surface area contributed by atoms with Crippen molar-refractivity contribution >= 4 is 23.0 Å². The molecule has 110 valence electrons. The molecule has 0 amide bonds. The molecule has 0 saturated heterocycles. The van der Waals surface area contributed by atoms with E-state index in [2.05, 4.69) is 17.5 Å². The van der Waals surface area contributed by atoms with Crippen LogP contribution in [0.1, 0.15) is 45.1 Å². The highest BCUT2D eigenvalue weighted by Gasteiger charge is 2.00. The van der Waals surface area contributed by atoms with E-state index in [1.165, 1.54) is 19.3 Å². The highest BCUT2D eigenvalue weighted by molar-refractivity contribution is 7.80. The third-order valence-corrected chi connectivity index (χ3v) is 2.94. The molecule has 0 aliphatic carbocycles. The maximum absolute atomic E-state index is 5.74.